The van der Waals surface area contributed by atoms with Gasteiger partial charge in [0.05, 0.1) is 6.04 Å². The molecule has 116 valence electrons. The van der Waals surface area contributed by atoms with Crippen LogP contribution in [-0.4, -0.2) is 16.2 Å². The van der Waals surface area contributed by atoms with Crippen molar-refractivity contribution in [3.8, 4) is 17.1 Å². The van der Waals surface area contributed by atoms with E-state index in [4.69, 9.17) is 4.52 Å². The summed E-state index contributed by atoms with van der Waals surface area (Å²) in [6.07, 6.45) is 0. The molecule has 23 heavy (non-hydrogen) atoms. The van der Waals surface area contributed by atoms with Crippen molar-refractivity contribution in [2.75, 3.05) is 0 Å². The Labute approximate surface area is 133 Å². The molecule has 1 amide bonds. The summed E-state index contributed by atoms with van der Waals surface area (Å²) >= 11 is 0. The Kier molecular flexibility index (Phi) is 4.10. The average Bonchev–Trinajstić information content (AvgIpc) is 3.06. The van der Waals surface area contributed by atoms with E-state index in [1.165, 1.54) is 0 Å². The summed E-state index contributed by atoms with van der Waals surface area (Å²) in [6, 6.07) is 17.7. The molecule has 1 aromatic heterocycles. The number of phenols is 1. The summed E-state index contributed by atoms with van der Waals surface area (Å²) in [5, 5.41) is 16.2. The summed E-state index contributed by atoms with van der Waals surface area (Å²) in [6.45, 7) is 1.91. The number of nitrogens with zero attached hydrogens (tertiary/aromatic N) is 1. The van der Waals surface area contributed by atoms with Gasteiger partial charge in [-0.15, -0.1) is 0 Å². The summed E-state index contributed by atoms with van der Waals surface area (Å²) in [5.74, 6) is 0.248. The molecule has 0 unspecified atom stereocenters. The van der Waals surface area contributed by atoms with Gasteiger partial charge in [-0.3, -0.25) is 4.79 Å². The predicted molar refractivity (Wildman–Crippen MR) is 85.9 cm³/mol. The van der Waals surface area contributed by atoms with E-state index in [9.17, 15) is 9.90 Å². The highest BCUT2D eigenvalue weighted by Crippen LogP contribution is 2.24. The minimum absolute atomic E-state index is 0.127. The number of nitrogens with one attached hydrogen (secondary N) is 1. The van der Waals surface area contributed by atoms with Crippen molar-refractivity contribution in [3.63, 3.8) is 0 Å². The van der Waals surface area contributed by atoms with Crippen LogP contribution < -0.4 is 5.32 Å². The van der Waals surface area contributed by atoms with Crippen LogP contribution in [0.3, 0.4) is 0 Å². The summed E-state index contributed by atoms with van der Waals surface area (Å²) < 4.78 is 5.19. The molecule has 1 atom stereocenters. The van der Waals surface area contributed by atoms with Crippen molar-refractivity contribution in [2.24, 2.45) is 0 Å². The van der Waals surface area contributed by atoms with Gasteiger partial charge in [-0.1, -0.05) is 47.6 Å². The predicted octanol–water partition coefficient (Wildman–Crippen LogP) is 3.54. The van der Waals surface area contributed by atoms with Crippen molar-refractivity contribution in [1.82, 2.24) is 10.5 Å². The molecule has 0 bridgehead atoms. The van der Waals surface area contributed by atoms with Crippen LogP contribution >= 0.6 is 0 Å². The summed E-state index contributed by atoms with van der Waals surface area (Å²) in [7, 11) is 0. The van der Waals surface area contributed by atoms with Gasteiger partial charge in [0.2, 0.25) is 0 Å². The molecule has 0 saturated heterocycles. The van der Waals surface area contributed by atoms with Gasteiger partial charge in [0.25, 0.3) is 5.91 Å². The monoisotopic (exact) mass is 308 g/mol. The molecule has 3 rings (SSSR count). The SMILES string of the molecule is C[C@H](NC(=O)c1cc(-c2cccc(O)c2)on1)c1ccccc1. The molecule has 5 heteroatoms. The van der Waals surface area contributed by atoms with Gasteiger partial charge in [-0.2, -0.15) is 0 Å². The van der Waals surface area contributed by atoms with E-state index in [0.29, 0.717) is 11.3 Å². The highest BCUT2D eigenvalue weighted by atomic mass is 16.5. The number of hydrogen-bond donors (Lipinski definition) is 2. The third-order valence-corrected chi connectivity index (χ3v) is 3.52. The first-order valence-corrected chi connectivity index (χ1v) is 7.25. The van der Waals surface area contributed by atoms with Crippen molar-refractivity contribution < 1.29 is 14.4 Å². The molecule has 0 spiro atoms. The number of carbonyl (C=O) groups is 1. The van der Waals surface area contributed by atoms with Crippen LogP contribution in [-0.2, 0) is 0 Å². The molecular weight excluding hydrogens is 292 g/mol. The third kappa shape index (κ3) is 3.40. The lowest BCUT2D eigenvalue weighted by Crippen LogP contribution is -2.26. The Morgan fingerprint density at radius 1 is 1.13 bits per heavy atom. The van der Waals surface area contributed by atoms with Gasteiger partial charge >= 0.3 is 0 Å². The fraction of sp³-hybridized carbons (Fsp3) is 0.111. The lowest BCUT2D eigenvalue weighted by atomic mass is 10.1. The van der Waals surface area contributed by atoms with Gasteiger partial charge in [-0.05, 0) is 24.6 Å². The van der Waals surface area contributed by atoms with Crippen LogP contribution in [0.15, 0.2) is 65.2 Å². The van der Waals surface area contributed by atoms with E-state index in [0.717, 1.165) is 5.56 Å². The molecule has 5 nitrogen and oxygen atoms in total. The Morgan fingerprint density at radius 2 is 1.91 bits per heavy atom. The fourth-order valence-electron chi connectivity index (χ4n) is 2.27. The number of benzene rings is 2. The molecule has 2 aromatic carbocycles. The zero-order valence-corrected chi connectivity index (χ0v) is 12.6. The Balaban J connectivity index is 1.74. The second-order valence-corrected chi connectivity index (χ2v) is 5.23. The van der Waals surface area contributed by atoms with Gasteiger partial charge in [0.1, 0.15) is 5.75 Å². The maximum atomic E-state index is 12.3. The van der Waals surface area contributed by atoms with Crippen LogP contribution in [0.5, 0.6) is 5.75 Å². The zero-order chi connectivity index (χ0) is 16.2. The van der Waals surface area contributed by atoms with Crippen LogP contribution in [0.1, 0.15) is 29.0 Å². The lowest BCUT2D eigenvalue weighted by Gasteiger charge is -2.12. The molecule has 0 aliphatic carbocycles. The molecule has 0 radical (unpaired) electrons. The van der Waals surface area contributed by atoms with Crippen molar-refractivity contribution >= 4 is 5.91 Å². The first kappa shape index (κ1) is 14.8. The second-order valence-electron chi connectivity index (χ2n) is 5.23. The zero-order valence-electron chi connectivity index (χ0n) is 12.6. The van der Waals surface area contributed by atoms with Crippen molar-refractivity contribution in [3.05, 3.63) is 71.9 Å². The van der Waals surface area contributed by atoms with Gasteiger partial charge < -0.3 is 14.9 Å². The quantitative estimate of drug-likeness (QED) is 0.773. The van der Waals surface area contributed by atoms with Crippen LogP contribution in [0, 0.1) is 0 Å². The number of hydrogen-bond acceptors (Lipinski definition) is 4. The number of phenolic OH excluding ortho intramolecular Hbond substituents is 1. The van der Waals surface area contributed by atoms with Crippen LogP contribution in [0.4, 0.5) is 0 Å². The normalized spacial score (nSPS) is 11.9. The van der Waals surface area contributed by atoms with E-state index < -0.39 is 0 Å². The van der Waals surface area contributed by atoms with Gasteiger partial charge in [-0.25, -0.2) is 0 Å². The van der Waals surface area contributed by atoms with Crippen LogP contribution in [0.25, 0.3) is 11.3 Å². The third-order valence-electron chi connectivity index (χ3n) is 3.52. The minimum Gasteiger partial charge on any atom is -0.508 e. The van der Waals surface area contributed by atoms with E-state index in [1.807, 2.05) is 37.3 Å². The van der Waals surface area contributed by atoms with Crippen molar-refractivity contribution in [2.45, 2.75) is 13.0 Å². The highest BCUT2D eigenvalue weighted by Gasteiger charge is 2.16. The summed E-state index contributed by atoms with van der Waals surface area (Å²) in [5.41, 5.74) is 1.87. The Hall–Kier alpha value is -3.08. The average molecular weight is 308 g/mol. The minimum atomic E-state index is -0.309. The molecule has 0 fully saturated rings. The van der Waals surface area contributed by atoms with E-state index in [-0.39, 0.29) is 23.4 Å². The van der Waals surface area contributed by atoms with E-state index in [2.05, 4.69) is 10.5 Å². The smallest absolute Gasteiger partial charge is 0.273 e. The maximum Gasteiger partial charge on any atom is 0.273 e. The van der Waals surface area contributed by atoms with Gasteiger partial charge in [0.15, 0.2) is 11.5 Å². The first-order chi connectivity index (χ1) is 11.1. The molecule has 2 N–H and O–H groups in total. The highest BCUT2D eigenvalue weighted by molar-refractivity contribution is 5.93. The standard InChI is InChI=1S/C18H16N2O3/c1-12(13-6-3-2-4-7-13)19-18(22)16-11-17(23-20-16)14-8-5-9-15(21)10-14/h2-12,21H,1H3,(H,19,22)/t12-/m0/s1. The largest absolute Gasteiger partial charge is 0.508 e. The lowest BCUT2D eigenvalue weighted by molar-refractivity contribution is 0.0931. The topological polar surface area (TPSA) is 75.4 Å². The van der Waals surface area contributed by atoms with Crippen LogP contribution in [0.2, 0.25) is 0 Å². The molecule has 1 heterocycles. The fourth-order valence-corrected chi connectivity index (χ4v) is 2.27. The summed E-state index contributed by atoms with van der Waals surface area (Å²) in [4.78, 5) is 12.3. The second kappa shape index (κ2) is 6.36. The Morgan fingerprint density at radius 3 is 2.65 bits per heavy atom. The Bertz CT molecular complexity index is 812. The first-order valence-electron chi connectivity index (χ1n) is 7.25. The van der Waals surface area contributed by atoms with E-state index >= 15 is 0 Å². The number of aromatic hydroxyl groups is 1. The molecule has 3 aromatic rings. The number of rotatable bonds is 4. The maximum absolute atomic E-state index is 12.3. The molecule has 0 aliphatic rings. The molecule has 0 aliphatic heterocycles. The van der Waals surface area contributed by atoms with Gasteiger partial charge in [0, 0.05) is 11.6 Å². The number of aromatic nitrogens is 1. The molecular formula is C18H16N2O3. The van der Waals surface area contributed by atoms with E-state index in [1.54, 1.807) is 30.3 Å². The number of carbonyl (C=O) groups excluding carboxylic acids is 1. The molecule has 0 saturated carbocycles. The number of amides is 1. The van der Waals surface area contributed by atoms with Crippen molar-refractivity contribution in [1.29, 1.82) is 0 Å².